The van der Waals surface area contributed by atoms with E-state index in [0.29, 0.717) is 35.9 Å². The van der Waals surface area contributed by atoms with E-state index in [-0.39, 0.29) is 18.6 Å². The molecule has 1 unspecified atom stereocenters. The van der Waals surface area contributed by atoms with Crippen LogP contribution in [0.2, 0.25) is 5.02 Å². The van der Waals surface area contributed by atoms with Gasteiger partial charge < -0.3 is 16.2 Å². The lowest BCUT2D eigenvalue weighted by molar-refractivity contribution is -0.121. The predicted molar refractivity (Wildman–Crippen MR) is 82.9 cm³/mol. The molecule has 1 amide bonds. The third kappa shape index (κ3) is 4.37. The molecule has 0 heterocycles. The minimum Gasteiger partial charge on any atom is -0.399 e. The van der Waals surface area contributed by atoms with E-state index in [4.69, 9.17) is 22.4 Å². The molecule has 0 aliphatic rings. The molecular weight excluding hydrogens is 278 g/mol. The fourth-order valence-electron chi connectivity index (χ4n) is 2.12. The van der Waals surface area contributed by atoms with Gasteiger partial charge in [-0.2, -0.15) is 0 Å². The molecule has 1 rings (SSSR count). The number of nitrogen functional groups attached to an aromatic ring is 1. The Balaban J connectivity index is 2.81. The number of benzene rings is 1. The first-order valence-corrected chi connectivity index (χ1v) is 7.12. The van der Waals surface area contributed by atoms with E-state index in [0.717, 1.165) is 0 Å². The predicted octanol–water partition coefficient (Wildman–Crippen LogP) is 1.95. The van der Waals surface area contributed by atoms with Gasteiger partial charge >= 0.3 is 0 Å². The van der Waals surface area contributed by atoms with Gasteiger partial charge in [0.15, 0.2) is 0 Å². The highest BCUT2D eigenvalue weighted by Crippen LogP contribution is 2.24. The van der Waals surface area contributed by atoms with Crippen molar-refractivity contribution < 1.29 is 9.90 Å². The number of hydrogen-bond acceptors (Lipinski definition) is 4. The molecule has 0 aliphatic heterocycles. The van der Waals surface area contributed by atoms with Crippen LogP contribution in [0.3, 0.4) is 0 Å². The molecule has 6 heteroatoms. The van der Waals surface area contributed by atoms with Crippen molar-refractivity contribution in [1.82, 2.24) is 4.90 Å². The first-order valence-electron chi connectivity index (χ1n) is 6.74. The topological polar surface area (TPSA) is 78.6 Å². The summed E-state index contributed by atoms with van der Waals surface area (Å²) in [7, 11) is 0. The molecule has 5 nitrogen and oxygen atoms in total. The first-order chi connectivity index (χ1) is 9.53. The number of anilines is 2. The molecule has 0 saturated heterocycles. The zero-order valence-electron chi connectivity index (χ0n) is 11.9. The molecule has 20 heavy (non-hydrogen) atoms. The second-order valence-electron chi connectivity index (χ2n) is 4.50. The van der Waals surface area contributed by atoms with E-state index in [1.165, 1.54) is 0 Å². The zero-order valence-corrected chi connectivity index (χ0v) is 12.7. The monoisotopic (exact) mass is 299 g/mol. The molecule has 0 saturated carbocycles. The zero-order chi connectivity index (χ0) is 15.1. The minimum atomic E-state index is -0.291. The molecular formula is C14H22ClN3O2. The van der Waals surface area contributed by atoms with E-state index in [1.807, 2.05) is 18.7 Å². The van der Waals surface area contributed by atoms with Crippen LogP contribution in [0, 0.1) is 0 Å². The van der Waals surface area contributed by atoms with Gasteiger partial charge in [0.25, 0.3) is 0 Å². The molecule has 0 radical (unpaired) electrons. The van der Waals surface area contributed by atoms with Crippen LogP contribution in [-0.2, 0) is 4.79 Å². The quantitative estimate of drug-likeness (QED) is 0.673. The number of amides is 1. The van der Waals surface area contributed by atoms with Crippen molar-refractivity contribution in [3.05, 3.63) is 23.2 Å². The number of nitrogens with two attached hydrogens (primary N) is 1. The molecule has 0 fully saturated rings. The van der Waals surface area contributed by atoms with E-state index >= 15 is 0 Å². The largest absolute Gasteiger partial charge is 0.399 e. The Hall–Kier alpha value is -1.30. The number of aliphatic hydroxyl groups is 1. The summed E-state index contributed by atoms with van der Waals surface area (Å²) in [5.41, 5.74) is 6.72. The molecule has 1 atom stereocenters. The maximum atomic E-state index is 12.3. The fourth-order valence-corrected chi connectivity index (χ4v) is 2.36. The molecule has 4 N–H and O–H groups in total. The summed E-state index contributed by atoms with van der Waals surface area (Å²) in [6, 6.07) is 4.68. The van der Waals surface area contributed by atoms with Gasteiger partial charge in [-0.15, -0.1) is 0 Å². The first kappa shape index (κ1) is 16.8. The van der Waals surface area contributed by atoms with Gasteiger partial charge in [-0.05, 0) is 31.2 Å². The average Bonchev–Trinajstić information content (AvgIpc) is 2.41. The summed E-state index contributed by atoms with van der Waals surface area (Å²) in [4.78, 5) is 14.3. The Morgan fingerprint density at radius 2 is 2.20 bits per heavy atom. The number of carbonyl (C=O) groups is 1. The van der Waals surface area contributed by atoms with Crippen LogP contribution in [0.15, 0.2) is 18.2 Å². The maximum absolute atomic E-state index is 12.3. The fraction of sp³-hybridized carbons (Fsp3) is 0.500. The van der Waals surface area contributed by atoms with Crippen LogP contribution in [-0.4, -0.2) is 41.7 Å². The van der Waals surface area contributed by atoms with Crippen molar-refractivity contribution in [2.45, 2.75) is 26.3 Å². The van der Waals surface area contributed by atoms with Crippen molar-refractivity contribution in [3.8, 4) is 0 Å². The van der Waals surface area contributed by atoms with E-state index in [1.54, 1.807) is 18.2 Å². The summed E-state index contributed by atoms with van der Waals surface area (Å²) in [6.45, 7) is 5.09. The van der Waals surface area contributed by atoms with Gasteiger partial charge in [0.1, 0.15) is 0 Å². The van der Waals surface area contributed by atoms with Gasteiger partial charge in [-0.1, -0.05) is 25.4 Å². The molecule has 1 aromatic rings. The highest BCUT2D eigenvalue weighted by molar-refractivity contribution is 6.34. The number of nitrogens with one attached hydrogen (secondary N) is 1. The molecule has 0 bridgehead atoms. The Morgan fingerprint density at radius 3 is 2.70 bits per heavy atom. The number of hydrogen-bond donors (Lipinski definition) is 3. The standard InChI is InChI=1S/C14H22ClN3O2/c1-3-13(18(4-2)7-8-19)14(20)17-12-6-5-10(16)9-11(12)15/h5-6,9,13,19H,3-4,7-8,16H2,1-2H3,(H,17,20). The average molecular weight is 300 g/mol. The Morgan fingerprint density at radius 1 is 1.50 bits per heavy atom. The molecule has 0 aliphatic carbocycles. The number of likely N-dealkylation sites (N-methyl/N-ethyl adjacent to an activating group) is 1. The third-order valence-corrected chi connectivity index (χ3v) is 3.49. The Kier molecular flexibility index (Phi) is 6.78. The van der Waals surface area contributed by atoms with E-state index in [9.17, 15) is 4.79 Å². The van der Waals surface area contributed by atoms with Crippen molar-refractivity contribution in [3.63, 3.8) is 0 Å². The van der Waals surface area contributed by atoms with Gasteiger partial charge in [-0.25, -0.2) is 0 Å². The number of carbonyl (C=O) groups excluding carboxylic acids is 1. The highest BCUT2D eigenvalue weighted by atomic mass is 35.5. The normalized spacial score (nSPS) is 12.4. The van der Waals surface area contributed by atoms with Crippen LogP contribution in [0.5, 0.6) is 0 Å². The lowest BCUT2D eigenvalue weighted by Gasteiger charge is -2.28. The van der Waals surface area contributed by atoms with Crippen LogP contribution < -0.4 is 11.1 Å². The molecule has 0 spiro atoms. The lowest BCUT2D eigenvalue weighted by Crippen LogP contribution is -2.45. The Bertz CT molecular complexity index is 454. The summed E-state index contributed by atoms with van der Waals surface area (Å²) < 4.78 is 0. The lowest BCUT2D eigenvalue weighted by atomic mass is 10.1. The number of rotatable bonds is 7. The van der Waals surface area contributed by atoms with E-state index in [2.05, 4.69) is 5.32 Å². The molecule has 0 aromatic heterocycles. The van der Waals surface area contributed by atoms with Gasteiger partial charge in [0.2, 0.25) is 5.91 Å². The Labute approximate surface area is 124 Å². The van der Waals surface area contributed by atoms with Gasteiger partial charge in [0.05, 0.1) is 23.4 Å². The van der Waals surface area contributed by atoms with Crippen LogP contribution in [0.4, 0.5) is 11.4 Å². The van der Waals surface area contributed by atoms with Crippen molar-refractivity contribution in [2.75, 3.05) is 30.7 Å². The van der Waals surface area contributed by atoms with Crippen LogP contribution >= 0.6 is 11.6 Å². The molecule has 112 valence electrons. The highest BCUT2D eigenvalue weighted by Gasteiger charge is 2.23. The van der Waals surface area contributed by atoms with Crippen molar-refractivity contribution >= 4 is 28.9 Å². The second-order valence-corrected chi connectivity index (χ2v) is 4.91. The number of nitrogens with zero attached hydrogens (tertiary/aromatic N) is 1. The van der Waals surface area contributed by atoms with Crippen LogP contribution in [0.1, 0.15) is 20.3 Å². The number of halogens is 1. The van der Waals surface area contributed by atoms with Crippen molar-refractivity contribution in [2.24, 2.45) is 0 Å². The summed E-state index contributed by atoms with van der Waals surface area (Å²) in [6.07, 6.45) is 0.659. The molecule has 1 aromatic carbocycles. The van der Waals surface area contributed by atoms with Crippen LogP contribution in [0.25, 0.3) is 0 Å². The van der Waals surface area contributed by atoms with Gasteiger partial charge in [0, 0.05) is 12.2 Å². The number of aliphatic hydroxyl groups excluding tert-OH is 1. The SMILES string of the molecule is CCC(C(=O)Nc1ccc(N)cc1Cl)N(CC)CCO. The summed E-state index contributed by atoms with van der Waals surface area (Å²) in [5, 5.41) is 12.3. The maximum Gasteiger partial charge on any atom is 0.241 e. The third-order valence-electron chi connectivity index (χ3n) is 3.17. The second kappa shape index (κ2) is 8.09. The smallest absolute Gasteiger partial charge is 0.241 e. The minimum absolute atomic E-state index is 0.0280. The summed E-state index contributed by atoms with van der Waals surface area (Å²) in [5.74, 6) is -0.130. The summed E-state index contributed by atoms with van der Waals surface area (Å²) >= 11 is 6.05. The van der Waals surface area contributed by atoms with Gasteiger partial charge in [-0.3, -0.25) is 9.69 Å². The van der Waals surface area contributed by atoms with E-state index < -0.39 is 0 Å². The van der Waals surface area contributed by atoms with Crippen molar-refractivity contribution in [1.29, 1.82) is 0 Å².